The van der Waals surface area contributed by atoms with Crippen LogP contribution in [-0.4, -0.2) is 22.7 Å². The zero-order valence-corrected chi connectivity index (χ0v) is 23.8. The van der Waals surface area contributed by atoms with E-state index in [1.165, 1.54) is 54.6 Å². The highest BCUT2D eigenvalue weighted by molar-refractivity contribution is 7.93. The first-order chi connectivity index (χ1) is 18.3. The average molecular weight is 605 g/mol. The van der Waals surface area contributed by atoms with Gasteiger partial charge in [-0.2, -0.15) is 0 Å². The van der Waals surface area contributed by atoms with Crippen molar-refractivity contribution < 1.29 is 21.6 Å². The van der Waals surface area contributed by atoms with E-state index in [9.17, 15) is 21.6 Å². The zero-order chi connectivity index (χ0) is 28.4. The smallest absolute Gasteiger partial charge is 0.262 e. The van der Waals surface area contributed by atoms with Crippen molar-refractivity contribution in [2.75, 3.05) is 14.8 Å². The second kappa shape index (κ2) is 11.3. The van der Waals surface area contributed by atoms with Crippen LogP contribution in [0.2, 0.25) is 10.0 Å². The van der Waals surface area contributed by atoms with Gasteiger partial charge in [0.1, 0.15) is 0 Å². The number of nitrogens with one attached hydrogen (secondary N) is 3. The molecule has 4 rings (SSSR count). The molecule has 0 saturated heterocycles. The van der Waals surface area contributed by atoms with Crippen molar-refractivity contribution >= 4 is 66.2 Å². The number of aryl methyl sites for hydroxylation is 2. The summed E-state index contributed by atoms with van der Waals surface area (Å²) in [6, 6.07) is 21.1. The first kappa shape index (κ1) is 28.4. The Hall–Kier alpha value is -3.57. The summed E-state index contributed by atoms with van der Waals surface area (Å²) in [6.45, 7) is 3.42. The lowest BCUT2D eigenvalue weighted by Crippen LogP contribution is -2.17. The molecule has 0 spiro atoms. The number of para-hydroxylation sites is 1. The molecule has 0 aliphatic rings. The van der Waals surface area contributed by atoms with Gasteiger partial charge in [-0.3, -0.25) is 14.2 Å². The fourth-order valence-electron chi connectivity index (χ4n) is 3.67. The topological polar surface area (TPSA) is 121 Å². The van der Waals surface area contributed by atoms with Crippen molar-refractivity contribution in [1.82, 2.24) is 0 Å². The monoisotopic (exact) mass is 603 g/mol. The van der Waals surface area contributed by atoms with Gasteiger partial charge < -0.3 is 5.32 Å². The number of sulfonamides is 2. The molecule has 0 heterocycles. The Balaban J connectivity index is 1.51. The van der Waals surface area contributed by atoms with Crippen LogP contribution in [0, 0.1) is 13.8 Å². The van der Waals surface area contributed by atoms with Crippen molar-refractivity contribution in [3.63, 3.8) is 0 Å². The van der Waals surface area contributed by atoms with E-state index in [0.717, 1.165) is 5.56 Å². The predicted octanol–water partition coefficient (Wildman–Crippen LogP) is 6.46. The lowest BCUT2D eigenvalue weighted by atomic mass is 10.1. The predicted molar refractivity (Wildman–Crippen MR) is 155 cm³/mol. The number of hydrogen-bond donors (Lipinski definition) is 3. The van der Waals surface area contributed by atoms with Gasteiger partial charge in [0.2, 0.25) is 0 Å². The van der Waals surface area contributed by atoms with E-state index in [4.69, 9.17) is 23.2 Å². The maximum absolute atomic E-state index is 13.1. The summed E-state index contributed by atoms with van der Waals surface area (Å²) in [4.78, 5) is 12.8. The summed E-state index contributed by atoms with van der Waals surface area (Å²) < 4.78 is 56.6. The number of amides is 1. The third-order valence-electron chi connectivity index (χ3n) is 5.67. The highest BCUT2D eigenvalue weighted by Gasteiger charge is 2.21. The maximum Gasteiger partial charge on any atom is 0.262 e. The SMILES string of the molecule is Cc1ccccc1NS(=O)(=O)c1cc(C(=O)Nc2ccc(S(=O)(=O)Nc3cc(Cl)cc(Cl)c3)cc2)ccc1C. The van der Waals surface area contributed by atoms with Crippen LogP contribution in [0.25, 0.3) is 0 Å². The fraction of sp³-hybridized carbons (Fsp3) is 0.0741. The molecule has 0 saturated carbocycles. The molecule has 0 aliphatic carbocycles. The van der Waals surface area contributed by atoms with Crippen LogP contribution in [0.3, 0.4) is 0 Å². The van der Waals surface area contributed by atoms with Crippen LogP contribution in [0.1, 0.15) is 21.5 Å². The van der Waals surface area contributed by atoms with Crippen molar-refractivity contribution in [2.24, 2.45) is 0 Å². The number of rotatable bonds is 8. The molecule has 4 aromatic rings. The lowest BCUT2D eigenvalue weighted by molar-refractivity contribution is 0.102. The summed E-state index contributed by atoms with van der Waals surface area (Å²) in [5, 5.41) is 3.20. The molecule has 3 N–H and O–H groups in total. The minimum Gasteiger partial charge on any atom is -0.322 e. The van der Waals surface area contributed by atoms with E-state index in [-0.39, 0.29) is 31.1 Å². The Morgan fingerprint density at radius 2 is 1.31 bits per heavy atom. The first-order valence-electron chi connectivity index (χ1n) is 11.4. The number of carbonyl (C=O) groups is 1. The van der Waals surface area contributed by atoms with Gasteiger partial charge >= 0.3 is 0 Å². The van der Waals surface area contributed by atoms with Crippen molar-refractivity contribution in [3.8, 4) is 0 Å². The molecule has 0 bridgehead atoms. The summed E-state index contributed by atoms with van der Waals surface area (Å²) in [6.07, 6.45) is 0. The molecular formula is C27H23Cl2N3O5S2. The fourth-order valence-corrected chi connectivity index (χ4v) is 6.63. The lowest BCUT2D eigenvalue weighted by Gasteiger charge is -2.14. The van der Waals surface area contributed by atoms with E-state index in [0.29, 0.717) is 16.9 Å². The molecule has 0 atom stereocenters. The maximum atomic E-state index is 13.1. The Bertz CT molecular complexity index is 1760. The van der Waals surface area contributed by atoms with Gasteiger partial charge in [0, 0.05) is 21.3 Å². The number of halogens is 2. The largest absolute Gasteiger partial charge is 0.322 e. The van der Waals surface area contributed by atoms with Crippen LogP contribution in [-0.2, 0) is 20.0 Å². The highest BCUT2D eigenvalue weighted by atomic mass is 35.5. The Labute approximate surface area is 237 Å². The van der Waals surface area contributed by atoms with E-state index < -0.39 is 26.0 Å². The molecule has 0 unspecified atom stereocenters. The van der Waals surface area contributed by atoms with Crippen LogP contribution >= 0.6 is 23.2 Å². The number of anilines is 3. The van der Waals surface area contributed by atoms with E-state index in [1.54, 1.807) is 44.2 Å². The molecule has 0 radical (unpaired) electrons. The number of hydrogen-bond acceptors (Lipinski definition) is 5. The third-order valence-corrected chi connectivity index (χ3v) is 9.01. The Kier molecular flexibility index (Phi) is 8.22. The molecule has 0 fully saturated rings. The van der Waals surface area contributed by atoms with Gasteiger partial charge in [-0.15, -0.1) is 0 Å². The molecular weight excluding hydrogens is 581 g/mol. The Morgan fingerprint density at radius 1 is 0.667 bits per heavy atom. The van der Waals surface area contributed by atoms with Crippen molar-refractivity contribution in [3.05, 3.63) is 112 Å². The molecule has 12 heteroatoms. The van der Waals surface area contributed by atoms with Gasteiger partial charge in [-0.05, 0) is 85.6 Å². The van der Waals surface area contributed by atoms with E-state index in [2.05, 4.69) is 14.8 Å². The second-order valence-electron chi connectivity index (χ2n) is 8.64. The van der Waals surface area contributed by atoms with E-state index in [1.807, 2.05) is 0 Å². The normalized spacial score (nSPS) is 11.6. The molecule has 39 heavy (non-hydrogen) atoms. The third kappa shape index (κ3) is 6.90. The molecule has 202 valence electrons. The summed E-state index contributed by atoms with van der Waals surface area (Å²) >= 11 is 11.9. The van der Waals surface area contributed by atoms with Crippen LogP contribution in [0.5, 0.6) is 0 Å². The van der Waals surface area contributed by atoms with Gasteiger partial charge in [-0.1, -0.05) is 47.5 Å². The summed E-state index contributed by atoms with van der Waals surface area (Å²) in [7, 11) is -7.92. The highest BCUT2D eigenvalue weighted by Crippen LogP contribution is 2.26. The van der Waals surface area contributed by atoms with Crippen molar-refractivity contribution in [1.29, 1.82) is 0 Å². The van der Waals surface area contributed by atoms with Crippen molar-refractivity contribution in [2.45, 2.75) is 23.6 Å². The summed E-state index contributed by atoms with van der Waals surface area (Å²) in [5.74, 6) is -0.565. The van der Waals surface area contributed by atoms with Gasteiger partial charge in [0.05, 0.1) is 21.2 Å². The van der Waals surface area contributed by atoms with Crippen LogP contribution < -0.4 is 14.8 Å². The zero-order valence-electron chi connectivity index (χ0n) is 20.7. The quantitative estimate of drug-likeness (QED) is 0.213. The molecule has 8 nitrogen and oxygen atoms in total. The molecule has 0 aliphatic heterocycles. The average Bonchev–Trinajstić information content (AvgIpc) is 2.85. The minimum absolute atomic E-state index is 0.0352. The number of carbonyl (C=O) groups excluding carboxylic acids is 1. The van der Waals surface area contributed by atoms with Gasteiger partial charge in [0.25, 0.3) is 26.0 Å². The van der Waals surface area contributed by atoms with E-state index >= 15 is 0 Å². The Morgan fingerprint density at radius 3 is 1.95 bits per heavy atom. The van der Waals surface area contributed by atoms with Crippen LogP contribution in [0.4, 0.5) is 17.1 Å². The molecule has 1 amide bonds. The van der Waals surface area contributed by atoms with Gasteiger partial charge in [-0.25, -0.2) is 16.8 Å². The minimum atomic E-state index is -3.97. The standard InChI is InChI=1S/C27H23Cl2N3O5S2/c1-17-5-3-4-6-25(17)32-39(36,37)26-13-19(8-7-18(26)2)27(33)30-22-9-11-24(12-10-22)38(34,35)31-23-15-20(28)14-21(29)16-23/h3-16,31-32H,1-2H3,(H,30,33). The molecule has 4 aromatic carbocycles. The second-order valence-corrected chi connectivity index (χ2v) is 12.8. The van der Waals surface area contributed by atoms with Gasteiger partial charge in [0.15, 0.2) is 0 Å². The first-order valence-corrected chi connectivity index (χ1v) is 15.2. The molecule has 0 aromatic heterocycles. The summed E-state index contributed by atoms with van der Waals surface area (Å²) in [5.41, 5.74) is 2.29. The number of benzene rings is 4. The van der Waals surface area contributed by atoms with Crippen LogP contribution in [0.15, 0.2) is 94.7 Å².